The van der Waals surface area contributed by atoms with E-state index < -0.39 is 0 Å². The highest BCUT2D eigenvalue weighted by atomic mass is 16.2. The Bertz CT molecular complexity index is 235. The van der Waals surface area contributed by atoms with Crippen molar-refractivity contribution in [3.05, 3.63) is 0 Å². The van der Waals surface area contributed by atoms with Gasteiger partial charge in [0.2, 0.25) is 5.91 Å². The summed E-state index contributed by atoms with van der Waals surface area (Å²) in [7, 11) is 1.72. The van der Waals surface area contributed by atoms with Crippen molar-refractivity contribution < 1.29 is 4.79 Å². The van der Waals surface area contributed by atoms with Crippen LogP contribution in [0, 0.1) is 11.8 Å². The largest absolute Gasteiger partial charge is 0.358 e. The lowest BCUT2D eigenvalue weighted by Gasteiger charge is -2.24. The summed E-state index contributed by atoms with van der Waals surface area (Å²) in [5, 5.41) is 6.19. The Balaban J connectivity index is 2.25. The number of nitrogens with one attached hydrogen (secondary N) is 2. The molecule has 0 spiro atoms. The van der Waals surface area contributed by atoms with Crippen LogP contribution in [0.4, 0.5) is 0 Å². The van der Waals surface area contributed by atoms with Crippen LogP contribution in [0.2, 0.25) is 0 Å². The van der Waals surface area contributed by atoms with E-state index in [1.165, 1.54) is 38.5 Å². The van der Waals surface area contributed by atoms with Gasteiger partial charge in [0, 0.05) is 7.05 Å². The molecule has 1 aliphatic rings. The van der Waals surface area contributed by atoms with Gasteiger partial charge >= 0.3 is 0 Å². The molecule has 1 aliphatic carbocycles. The SMILES string of the molecule is CNC(=O)C(CC(C)C)NCCC1CCCCC1. The number of carbonyl (C=O) groups excluding carboxylic acids is 1. The molecular weight excluding hydrogens is 224 g/mol. The van der Waals surface area contributed by atoms with E-state index in [1.807, 2.05) is 0 Å². The summed E-state index contributed by atoms with van der Waals surface area (Å²) in [6.45, 7) is 5.31. The summed E-state index contributed by atoms with van der Waals surface area (Å²) in [5.74, 6) is 1.57. The van der Waals surface area contributed by atoms with Gasteiger partial charge < -0.3 is 10.6 Å². The maximum absolute atomic E-state index is 11.8. The topological polar surface area (TPSA) is 41.1 Å². The van der Waals surface area contributed by atoms with Gasteiger partial charge in [-0.15, -0.1) is 0 Å². The van der Waals surface area contributed by atoms with E-state index in [9.17, 15) is 4.79 Å². The van der Waals surface area contributed by atoms with Crippen LogP contribution in [0.1, 0.15) is 58.8 Å². The van der Waals surface area contributed by atoms with Crippen LogP contribution in [0.15, 0.2) is 0 Å². The second kappa shape index (κ2) is 8.52. The van der Waals surface area contributed by atoms with Crippen LogP contribution in [-0.2, 0) is 4.79 Å². The van der Waals surface area contributed by atoms with E-state index in [0.29, 0.717) is 5.92 Å². The molecule has 1 rings (SSSR count). The number of rotatable bonds is 7. The Labute approximate surface area is 112 Å². The standard InChI is InChI=1S/C15H30N2O/c1-12(2)11-14(15(18)16-3)17-10-9-13-7-5-4-6-8-13/h12-14,17H,4-11H2,1-3H3,(H,16,18). The van der Waals surface area contributed by atoms with Crippen LogP contribution in [0.5, 0.6) is 0 Å². The molecule has 0 aromatic carbocycles. The van der Waals surface area contributed by atoms with E-state index in [0.717, 1.165) is 18.9 Å². The van der Waals surface area contributed by atoms with Gasteiger partial charge in [0.1, 0.15) is 0 Å². The van der Waals surface area contributed by atoms with E-state index >= 15 is 0 Å². The van der Waals surface area contributed by atoms with E-state index in [-0.39, 0.29) is 11.9 Å². The first-order valence-corrected chi connectivity index (χ1v) is 7.58. The fourth-order valence-electron chi connectivity index (χ4n) is 2.87. The number of hydrogen-bond acceptors (Lipinski definition) is 2. The van der Waals surface area contributed by atoms with Gasteiger partial charge in [0.15, 0.2) is 0 Å². The summed E-state index contributed by atoms with van der Waals surface area (Å²) in [6.07, 6.45) is 9.13. The molecule has 0 aromatic rings. The zero-order valence-electron chi connectivity index (χ0n) is 12.3. The van der Waals surface area contributed by atoms with Crippen molar-refractivity contribution in [2.75, 3.05) is 13.6 Å². The molecule has 1 amide bonds. The van der Waals surface area contributed by atoms with Gasteiger partial charge in [-0.05, 0) is 31.2 Å². The first kappa shape index (κ1) is 15.5. The van der Waals surface area contributed by atoms with E-state index in [2.05, 4.69) is 24.5 Å². The summed E-state index contributed by atoms with van der Waals surface area (Å²) >= 11 is 0. The summed E-state index contributed by atoms with van der Waals surface area (Å²) in [4.78, 5) is 11.8. The Morgan fingerprint density at radius 2 is 1.89 bits per heavy atom. The molecular formula is C15H30N2O. The van der Waals surface area contributed by atoms with Crippen molar-refractivity contribution in [1.29, 1.82) is 0 Å². The van der Waals surface area contributed by atoms with Crippen molar-refractivity contribution in [2.24, 2.45) is 11.8 Å². The van der Waals surface area contributed by atoms with E-state index in [1.54, 1.807) is 7.05 Å². The molecule has 2 N–H and O–H groups in total. The Morgan fingerprint density at radius 3 is 2.44 bits per heavy atom. The lowest BCUT2D eigenvalue weighted by atomic mass is 9.87. The molecule has 0 heterocycles. The molecule has 1 atom stereocenters. The monoisotopic (exact) mass is 254 g/mol. The van der Waals surface area contributed by atoms with Crippen LogP contribution in [0.3, 0.4) is 0 Å². The van der Waals surface area contributed by atoms with Crippen molar-refractivity contribution in [3.63, 3.8) is 0 Å². The molecule has 18 heavy (non-hydrogen) atoms. The summed E-state index contributed by atoms with van der Waals surface area (Å²) < 4.78 is 0. The number of carbonyl (C=O) groups is 1. The lowest BCUT2D eigenvalue weighted by molar-refractivity contribution is -0.123. The number of hydrogen-bond donors (Lipinski definition) is 2. The normalized spacial score (nSPS) is 18.9. The third kappa shape index (κ3) is 5.85. The van der Waals surface area contributed by atoms with Gasteiger partial charge in [-0.3, -0.25) is 4.79 Å². The molecule has 0 aromatic heterocycles. The summed E-state index contributed by atoms with van der Waals surface area (Å²) in [5.41, 5.74) is 0. The zero-order valence-corrected chi connectivity index (χ0v) is 12.3. The maximum atomic E-state index is 11.8. The second-order valence-corrected chi connectivity index (χ2v) is 6.04. The fourth-order valence-corrected chi connectivity index (χ4v) is 2.87. The fraction of sp³-hybridized carbons (Fsp3) is 0.933. The Morgan fingerprint density at radius 1 is 1.22 bits per heavy atom. The Kier molecular flexibility index (Phi) is 7.33. The highest BCUT2D eigenvalue weighted by molar-refractivity contribution is 5.81. The van der Waals surface area contributed by atoms with Gasteiger partial charge in [-0.2, -0.15) is 0 Å². The van der Waals surface area contributed by atoms with Crippen molar-refractivity contribution >= 4 is 5.91 Å². The molecule has 1 unspecified atom stereocenters. The van der Waals surface area contributed by atoms with E-state index in [4.69, 9.17) is 0 Å². The number of amides is 1. The molecule has 0 radical (unpaired) electrons. The predicted octanol–water partition coefficient (Wildman–Crippen LogP) is 2.71. The van der Waals surface area contributed by atoms with Crippen molar-refractivity contribution in [2.45, 2.75) is 64.8 Å². The van der Waals surface area contributed by atoms with Crippen molar-refractivity contribution in [1.82, 2.24) is 10.6 Å². The van der Waals surface area contributed by atoms with Gasteiger partial charge in [-0.25, -0.2) is 0 Å². The molecule has 1 fully saturated rings. The average Bonchev–Trinajstić information content (AvgIpc) is 2.37. The first-order chi connectivity index (χ1) is 8.63. The van der Waals surface area contributed by atoms with Crippen LogP contribution >= 0.6 is 0 Å². The molecule has 0 saturated heterocycles. The van der Waals surface area contributed by atoms with Gasteiger partial charge in [0.05, 0.1) is 6.04 Å². The smallest absolute Gasteiger partial charge is 0.236 e. The lowest BCUT2D eigenvalue weighted by Crippen LogP contribution is -2.44. The van der Waals surface area contributed by atoms with Crippen molar-refractivity contribution in [3.8, 4) is 0 Å². The first-order valence-electron chi connectivity index (χ1n) is 7.58. The summed E-state index contributed by atoms with van der Waals surface area (Å²) in [6, 6.07) is -0.0152. The maximum Gasteiger partial charge on any atom is 0.236 e. The quantitative estimate of drug-likeness (QED) is 0.733. The number of likely N-dealkylation sites (N-methyl/N-ethyl adjacent to an activating group) is 1. The van der Waals surface area contributed by atoms with Gasteiger partial charge in [0.25, 0.3) is 0 Å². The van der Waals surface area contributed by atoms with Crippen LogP contribution in [0.25, 0.3) is 0 Å². The molecule has 106 valence electrons. The molecule has 3 nitrogen and oxygen atoms in total. The molecule has 0 aliphatic heterocycles. The Hall–Kier alpha value is -0.570. The van der Waals surface area contributed by atoms with Gasteiger partial charge in [-0.1, -0.05) is 46.0 Å². The second-order valence-electron chi connectivity index (χ2n) is 6.04. The predicted molar refractivity (Wildman–Crippen MR) is 76.5 cm³/mol. The highest BCUT2D eigenvalue weighted by Crippen LogP contribution is 2.25. The minimum atomic E-state index is -0.0152. The molecule has 1 saturated carbocycles. The minimum absolute atomic E-state index is 0.0152. The molecule has 0 bridgehead atoms. The van der Waals surface area contributed by atoms with Crippen LogP contribution < -0.4 is 10.6 Å². The van der Waals surface area contributed by atoms with Crippen LogP contribution in [-0.4, -0.2) is 25.5 Å². The third-order valence-corrected chi connectivity index (χ3v) is 3.94. The molecule has 3 heteroatoms. The average molecular weight is 254 g/mol. The minimum Gasteiger partial charge on any atom is -0.358 e. The zero-order chi connectivity index (χ0) is 13.4. The third-order valence-electron chi connectivity index (χ3n) is 3.94. The highest BCUT2D eigenvalue weighted by Gasteiger charge is 2.19.